The summed E-state index contributed by atoms with van der Waals surface area (Å²) < 4.78 is 21.6. The molecule has 0 amide bonds. The van der Waals surface area contributed by atoms with Gasteiger partial charge < -0.3 is 18.9 Å². The molecule has 0 radical (unpaired) electrons. The molecule has 4 atom stereocenters. The number of rotatable bonds is 10. The molecule has 5 nitrogen and oxygen atoms in total. The van der Waals surface area contributed by atoms with Gasteiger partial charge in [0, 0.05) is 20.1 Å². The molecule has 0 saturated heterocycles. The summed E-state index contributed by atoms with van der Waals surface area (Å²) >= 11 is 0. The standard InChI is InChI=1S/C18H28O5/c1-6-22-18(19)14(3)16(23-12-20-4)13(2)17(21-5)15-10-8-7-9-11-15/h7-11,13-14,16-17H,6,12H2,1-5H3/t13-,14-,16+,17+/m1/s1. The van der Waals surface area contributed by atoms with Gasteiger partial charge in [-0.3, -0.25) is 4.79 Å². The number of benzene rings is 1. The van der Waals surface area contributed by atoms with E-state index in [1.165, 1.54) is 0 Å². The second-order valence-electron chi connectivity index (χ2n) is 5.50. The van der Waals surface area contributed by atoms with Crippen LogP contribution in [0.4, 0.5) is 0 Å². The van der Waals surface area contributed by atoms with Gasteiger partial charge in [0.1, 0.15) is 6.79 Å². The number of esters is 1. The Kier molecular flexibility index (Phi) is 8.84. The van der Waals surface area contributed by atoms with Crippen molar-refractivity contribution in [3.05, 3.63) is 35.9 Å². The van der Waals surface area contributed by atoms with E-state index in [1.54, 1.807) is 21.1 Å². The molecular formula is C18H28O5. The maximum Gasteiger partial charge on any atom is 0.311 e. The Morgan fingerprint density at radius 2 is 1.78 bits per heavy atom. The van der Waals surface area contributed by atoms with Gasteiger partial charge in [0.2, 0.25) is 0 Å². The fourth-order valence-corrected chi connectivity index (χ4v) is 2.78. The first kappa shape index (κ1) is 19.6. The lowest BCUT2D eigenvalue weighted by atomic mass is 9.86. The maximum absolute atomic E-state index is 12.1. The summed E-state index contributed by atoms with van der Waals surface area (Å²) in [5.41, 5.74) is 1.05. The first-order chi connectivity index (χ1) is 11.1. The molecule has 0 aliphatic rings. The Morgan fingerprint density at radius 3 is 2.30 bits per heavy atom. The molecule has 130 valence electrons. The summed E-state index contributed by atoms with van der Waals surface area (Å²) in [6.07, 6.45) is -0.561. The molecule has 1 aromatic carbocycles. The van der Waals surface area contributed by atoms with Crippen LogP contribution in [-0.4, -0.2) is 39.7 Å². The first-order valence-corrected chi connectivity index (χ1v) is 7.91. The minimum atomic E-state index is -0.415. The van der Waals surface area contributed by atoms with Gasteiger partial charge in [-0.05, 0) is 19.4 Å². The summed E-state index contributed by atoms with van der Waals surface area (Å²) in [4.78, 5) is 12.1. The van der Waals surface area contributed by atoms with Crippen molar-refractivity contribution in [2.45, 2.75) is 33.0 Å². The van der Waals surface area contributed by atoms with Gasteiger partial charge in [0.05, 0.1) is 24.7 Å². The highest BCUT2D eigenvalue weighted by molar-refractivity contribution is 5.72. The molecule has 0 spiro atoms. The number of carbonyl (C=O) groups excluding carboxylic acids is 1. The quantitative estimate of drug-likeness (QED) is 0.489. The third kappa shape index (κ3) is 5.61. The molecule has 5 heteroatoms. The molecule has 23 heavy (non-hydrogen) atoms. The van der Waals surface area contributed by atoms with E-state index in [0.29, 0.717) is 6.61 Å². The van der Waals surface area contributed by atoms with Gasteiger partial charge >= 0.3 is 5.97 Å². The summed E-state index contributed by atoms with van der Waals surface area (Å²) in [5, 5.41) is 0. The van der Waals surface area contributed by atoms with E-state index in [1.807, 2.05) is 44.2 Å². The Morgan fingerprint density at radius 1 is 1.13 bits per heavy atom. The number of hydrogen-bond donors (Lipinski definition) is 0. The summed E-state index contributed by atoms with van der Waals surface area (Å²) in [6, 6.07) is 9.91. The van der Waals surface area contributed by atoms with Crippen LogP contribution in [0.5, 0.6) is 0 Å². The van der Waals surface area contributed by atoms with Crippen LogP contribution in [0.3, 0.4) is 0 Å². The molecule has 0 saturated carbocycles. The largest absolute Gasteiger partial charge is 0.466 e. The lowest BCUT2D eigenvalue weighted by molar-refractivity contribution is -0.166. The van der Waals surface area contributed by atoms with Gasteiger partial charge in [-0.25, -0.2) is 0 Å². The van der Waals surface area contributed by atoms with Crippen molar-refractivity contribution in [2.24, 2.45) is 11.8 Å². The SMILES string of the molecule is CCOC(=O)[C@H](C)[C@@H](OCOC)[C@@H](C)[C@H](OC)c1ccccc1. The first-order valence-electron chi connectivity index (χ1n) is 7.91. The molecular weight excluding hydrogens is 296 g/mol. The van der Waals surface area contributed by atoms with Crippen LogP contribution in [0.15, 0.2) is 30.3 Å². The van der Waals surface area contributed by atoms with E-state index < -0.39 is 5.92 Å². The van der Waals surface area contributed by atoms with Crippen molar-refractivity contribution in [2.75, 3.05) is 27.6 Å². The number of carbonyl (C=O) groups is 1. The van der Waals surface area contributed by atoms with Crippen molar-refractivity contribution in [3.63, 3.8) is 0 Å². The average molecular weight is 324 g/mol. The van der Waals surface area contributed by atoms with E-state index in [9.17, 15) is 4.79 Å². The Labute approximate surface area is 138 Å². The van der Waals surface area contributed by atoms with Crippen molar-refractivity contribution in [3.8, 4) is 0 Å². The maximum atomic E-state index is 12.1. The van der Waals surface area contributed by atoms with E-state index in [2.05, 4.69) is 0 Å². The predicted octanol–water partition coefficient (Wildman–Crippen LogP) is 3.20. The van der Waals surface area contributed by atoms with Gasteiger partial charge in [-0.15, -0.1) is 0 Å². The molecule has 0 fully saturated rings. The normalized spacial score (nSPS) is 16.4. The molecule has 0 aliphatic heterocycles. The third-order valence-electron chi connectivity index (χ3n) is 3.91. The van der Waals surface area contributed by atoms with Crippen molar-refractivity contribution in [1.82, 2.24) is 0 Å². The molecule has 0 unspecified atom stereocenters. The number of ether oxygens (including phenoxy) is 4. The zero-order valence-electron chi connectivity index (χ0n) is 14.7. The van der Waals surface area contributed by atoms with Crippen molar-refractivity contribution < 1.29 is 23.7 Å². The average Bonchev–Trinajstić information content (AvgIpc) is 2.57. The van der Waals surface area contributed by atoms with Gasteiger partial charge in [0.15, 0.2) is 0 Å². The third-order valence-corrected chi connectivity index (χ3v) is 3.91. The minimum absolute atomic E-state index is 0.0584. The highest BCUT2D eigenvalue weighted by Gasteiger charge is 2.35. The number of methoxy groups -OCH3 is 2. The Bertz CT molecular complexity index is 448. The molecule has 1 aromatic rings. The minimum Gasteiger partial charge on any atom is -0.466 e. The van der Waals surface area contributed by atoms with Crippen molar-refractivity contribution >= 4 is 5.97 Å². The molecule has 0 heterocycles. The summed E-state index contributed by atoms with van der Waals surface area (Å²) in [5.74, 6) is -0.748. The van der Waals surface area contributed by atoms with Crippen LogP contribution in [0.25, 0.3) is 0 Å². The van der Waals surface area contributed by atoms with Crippen LogP contribution in [-0.2, 0) is 23.7 Å². The van der Waals surface area contributed by atoms with E-state index in [4.69, 9.17) is 18.9 Å². The predicted molar refractivity (Wildman–Crippen MR) is 87.9 cm³/mol. The molecule has 0 bridgehead atoms. The summed E-state index contributed by atoms with van der Waals surface area (Å²) in [7, 11) is 3.22. The highest BCUT2D eigenvalue weighted by Crippen LogP contribution is 2.32. The molecule has 0 aromatic heterocycles. The zero-order valence-corrected chi connectivity index (χ0v) is 14.7. The molecule has 0 aliphatic carbocycles. The topological polar surface area (TPSA) is 54.0 Å². The highest BCUT2D eigenvalue weighted by atomic mass is 16.7. The second kappa shape index (κ2) is 10.4. The van der Waals surface area contributed by atoms with Crippen LogP contribution in [0.2, 0.25) is 0 Å². The van der Waals surface area contributed by atoms with E-state index in [0.717, 1.165) is 5.56 Å². The lowest BCUT2D eigenvalue weighted by Gasteiger charge is -2.33. The van der Waals surface area contributed by atoms with Crippen LogP contribution in [0.1, 0.15) is 32.4 Å². The van der Waals surface area contributed by atoms with Crippen LogP contribution >= 0.6 is 0 Å². The van der Waals surface area contributed by atoms with Gasteiger partial charge in [-0.1, -0.05) is 37.3 Å². The Balaban J connectivity index is 2.96. The van der Waals surface area contributed by atoms with E-state index >= 15 is 0 Å². The Hall–Kier alpha value is -1.43. The fourth-order valence-electron chi connectivity index (χ4n) is 2.78. The summed E-state index contributed by atoms with van der Waals surface area (Å²) in [6.45, 7) is 6.08. The van der Waals surface area contributed by atoms with Gasteiger partial charge in [-0.2, -0.15) is 0 Å². The number of hydrogen-bond acceptors (Lipinski definition) is 5. The molecule has 1 rings (SSSR count). The monoisotopic (exact) mass is 324 g/mol. The lowest BCUT2D eigenvalue weighted by Crippen LogP contribution is -2.38. The zero-order chi connectivity index (χ0) is 17.2. The smallest absolute Gasteiger partial charge is 0.311 e. The van der Waals surface area contributed by atoms with Crippen LogP contribution in [0, 0.1) is 11.8 Å². The van der Waals surface area contributed by atoms with E-state index in [-0.39, 0.29) is 30.9 Å². The fraction of sp³-hybridized carbons (Fsp3) is 0.611. The van der Waals surface area contributed by atoms with Crippen LogP contribution < -0.4 is 0 Å². The van der Waals surface area contributed by atoms with Crippen molar-refractivity contribution in [1.29, 1.82) is 0 Å². The van der Waals surface area contributed by atoms with Gasteiger partial charge in [0.25, 0.3) is 0 Å². The molecule has 0 N–H and O–H groups in total. The second-order valence-corrected chi connectivity index (χ2v) is 5.50.